The molecule has 0 radical (unpaired) electrons. The van der Waals surface area contributed by atoms with Crippen molar-refractivity contribution in [2.45, 2.75) is 13.5 Å². The Morgan fingerprint density at radius 3 is 2.72 bits per heavy atom. The fraction of sp³-hybridized carbons (Fsp3) is 0.462. The molecule has 1 rings (SSSR count). The van der Waals surface area contributed by atoms with Gasteiger partial charge in [0, 0.05) is 13.1 Å². The zero-order chi connectivity index (χ0) is 13.5. The van der Waals surface area contributed by atoms with E-state index in [-0.39, 0.29) is 12.4 Å². The molecule has 4 N–H and O–H groups in total. The Balaban J connectivity index is 2.90. The van der Waals surface area contributed by atoms with Crippen LogP contribution in [0.25, 0.3) is 0 Å². The van der Waals surface area contributed by atoms with Crippen LogP contribution in [-0.2, 0) is 6.54 Å². The van der Waals surface area contributed by atoms with Crippen molar-refractivity contribution in [3.8, 4) is 5.75 Å². The second-order valence-corrected chi connectivity index (χ2v) is 4.04. The number of aliphatic hydroxyl groups is 1. The van der Waals surface area contributed by atoms with Gasteiger partial charge in [-0.15, -0.1) is 0 Å². The summed E-state index contributed by atoms with van der Waals surface area (Å²) < 4.78 is 5.17. The van der Waals surface area contributed by atoms with Crippen molar-refractivity contribution in [2.75, 3.05) is 26.8 Å². The zero-order valence-corrected chi connectivity index (χ0v) is 10.9. The van der Waals surface area contributed by atoms with Crippen LogP contribution in [0.15, 0.2) is 18.2 Å². The lowest BCUT2D eigenvalue weighted by molar-refractivity contribution is 0.197. The smallest absolute Gasteiger partial charge is 0.129 e. The molecular weight excluding hydrogens is 230 g/mol. The number of methoxy groups -OCH3 is 1. The van der Waals surface area contributed by atoms with Crippen LogP contribution in [0.2, 0.25) is 0 Å². The Morgan fingerprint density at radius 1 is 1.50 bits per heavy atom. The van der Waals surface area contributed by atoms with Crippen molar-refractivity contribution in [1.82, 2.24) is 4.90 Å². The molecule has 0 atom stereocenters. The quantitative estimate of drug-likeness (QED) is 0.494. The third-order valence-corrected chi connectivity index (χ3v) is 2.82. The van der Waals surface area contributed by atoms with Crippen molar-refractivity contribution in [3.63, 3.8) is 0 Å². The molecule has 0 bridgehead atoms. The Labute approximate surface area is 108 Å². The molecule has 0 unspecified atom stereocenters. The van der Waals surface area contributed by atoms with Gasteiger partial charge in [0.05, 0.1) is 19.3 Å². The van der Waals surface area contributed by atoms with Crippen molar-refractivity contribution in [1.29, 1.82) is 5.41 Å². The normalized spacial score (nSPS) is 10.7. The number of hydrogen-bond acceptors (Lipinski definition) is 4. The summed E-state index contributed by atoms with van der Waals surface area (Å²) in [5.74, 6) is 0.607. The number of nitrogens with one attached hydrogen (secondary N) is 1. The highest BCUT2D eigenvalue weighted by molar-refractivity contribution is 5.97. The highest BCUT2D eigenvalue weighted by Gasteiger charge is 2.09. The van der Waals surface area contributed by atoms with Crippen LogP contribution in [0.4, 0.5) is 0 Å². The summed E-state index contributed by atoms with van der Waals surface area (Å²) in [4.78, 5) is 2.12. The highest BCUT2D eigenvalue weighted by atomic mass is 16.5. The molecule has 100 valence electrons. The number of ether oxygens (including phenoxy) is 1. The van der Waals surface area contributed by atoms with E-state index in [0.717, 1.165) is 18.7 Å². The number of amidine groups is 1. The van der Waals surface area contributed by atoms with Crippen molar-refractivity contribution in [3.05, 3.63) is 29.3 Å². The van der Waals surface area contributed by atoms with Crippen LogP contribution in [0.1, 0.15) is 18.1 Å². The number of nitrogen functional groups attached to an aromatic ring is 1. The molecule has 0 aliphatic rings. The Bertz CT molecular complexity index is 407. The van der Waals surface area contributed by atoms with Gasteiger partial charge in [-0.05, 0) is 24.2 Å². The second-order valence-electron chi connectivity index (χ2n) is 4.04. The van der Waals surface area contributed by atoms with Gasteiger partial charge in [0.2, 0.25) is 0 Å². The lowest BCUT2D eigenvalue weighted by Crippen LogP contribution is -2.26. The van der Waals surface area contributed by atoms with Gasteiger partial charge in [0.15, 0.2) is 0 Å². The van der Waals surface area contributed by atoms with Crippen LogP contribution in [-0.4, -0.2) is 42.6 Å². The number of aliphatic hydroxyl groups excluding tert-OH is 1. The van der Waals surface area contributed by atoms with Gasteiger partial charge >= 0.3 is 0 Å². The fourth-order valence-corrected chi connectivity index (χ4v) is 1.81. The lowest BCUT2D eigenvalue weighted by Gasteiger charge is -2.20. The number of nitrogens with zero attached hydrogens (tertiary/aromatic N) is 1. The van der Waals surface area contributed by atoms with E-state index < -0.39 is 0 Å². The van der Waals surface area contributed by atoms with Crippen LogP contribution >= 0.6 is 0 Å². The molecule has 0 amide bonds. The minimum Gasteiger partial charge on any atom is -0.496 e. The molecule has 0 aliphatic heterocycles. The first-order valence-electron chi connectivity index (χ1n) is 5.96. The lowest BCUT2D eigenvalue weighted by atomic mass is 10.1. The summed E-state index contributed by atoms with van der Waals surface area (Å²) in [6, 6.07) is 5.63. The predicted molar refractivity (Wildman–Crippen MR) is 72.0 cm³/mol. The maximum atomic E-state index is 8.96. The van der Waals surface area contributed by atoms with Crippen molar-refractivity contribution >= 4 is 5.84 Å². The topological polar surface area (TPSA) is 82.6 Å². The van der Waals surface area contributed by atoms with Crippen molar-refractivity contribution < 1.29 is 9.84 Å². The molecule has 0 spiro atoms. The number of benzene rings is 1. The van der Waals surface area contributed by atoms with Gasteiger partial charge in [0.25, 0.3) is 0 Å². The number of hydrogen-bond donors (Lipinski definition) is 3. The molecule has 0 saturated carbocycles. The maximum Gasteiger partial charge on any atom is 0.129 e. The summed E-state index contributed by atoms with van der Waals surface area (Å²) in [6.07, 6.45) is 0. The first-order chi connectivity index (χ1) is 8.62. The second kappa shape index (κ2) is 6.98. The van der Waals surface area contributed by atoms with E-state index in [9.17, 15) is 0 Å². The molecule has 18 heavy (non-hydrogen) atoms. The highest BCUT2D eigenvalue weighted by Crippen LogP contribution is 2.20. The third-order valence-electron chi connectivity index (χ3n) is 2.82. The van der Waals surface area contributed by atoms with E-state index >= 15 is 0 Å². The van der Waals surface area contributed by atoms with E-state index in [2.05, 4.69) is 4.90 Å². The average Bonchev–Trinajstić information content (AvgIpc) is 2.38. The van der Waals surface area contributed by atoms with Gasteiger partial charge in [-0.25, -0.2) is 0 Å². The molecule has 0 aliphatic carbocycles. The number of rotatable bonds is 7. The molecule has 5 nitrogen and oxygen atoms in total. The van der Waals surface area contributed by atoms with E-state index in [1.165, 1.54) is 0 Å². The van der Waals surface area contributed by atoms with Gasteiger partial charge in [-0.3, -0.25) is 10.3 Å². The van der Waals surface area contributed by atoms with Gasteiger partial charge in [-0.2, -0.15) is 0 Å². The van der Waals surface area contributed by atoms with Gasteiger partial charge in [-0.1, -0.05) is 13.0 Å². The average molecular weight is 251 g/mol. The zero-order valence-electron chi connectivity index (χ0n) is 10.9. The molecule has 5 heteroatoms. The minimum absolute atomic E-state index is 0.00101. The molecule has 0 saturated heterocycles. The van der Waals surface area contributed by atoms with E-state index in [4.69, 9.17) is 21.0 Å². The molecule has 0 fully saturated rings. The summed E-state index contributed by atoms with van der Waals surface area (Å²) in [6.45, 7) is 4.41. The summed E-state index contributed by atoms with van der Waals surface area (Å²) in [7, 11) is 1.56. The summed E-state index contributed by atoms with van der Waals surface area (Å²) in [5.41, 5.74) is 7.19. The fourth-order valence-electron chi connectivity index (χ4n) is 1.81. The Morgan fingerprint density at radius 2 is 2.22 bits per heavy atom. The van der Waals surface area contributed by atoms with E-state index in [1.54, 1.807) is 7.11 Å². The SMILES string of the molecule is CCN(CCO)Cc1ccc(OC)c(C(=N)N)c1. The van der Waals surface area contributed by atoms with Crippen LogP contribution in [0.3, 0.4) is 0 Å². The molecule has 1 aromatic carbocycles. The summed E-state index contributed by atoms with van der Waals surface area (Å²) in [5, 5.41) is 16.5. The number of nitrogens with two attached hydrogens (primary N) is 1. The van der Waals surface area contributed by atoms with Crippen molar-refractivity contribution in [2.24, 2.45) is 5.73 Å². The molecule has 0 heterocycles. The first kappa shape index (κ1) is 14.5. The largest absolute Gasteiger partial charge is 0.496 e. The molecular formula is C13H21N3O2. The van der Waals surface area contributed by atoms with Gasteiger partial charge < -0.3 is 15.6 Å². The van der Waals surface area contributed by atoms with E-state index in [0.29, 0.717) is 17.9 Å². The standard InChI is InChI=1S/C13H21N3O2/c1-3-16(6-7-17)9-10-4-5-12(18-2)11(8-10)13(14)15/h4-5,8,17H,3,6-7,9H2,1-2H3,(H3,14,15). The monoisotopic (exact) mass is 251 g/mol. The first-order valence-corrected chi connectivity index (χ1v) is 5.96. The van der Waals surface area contributed by atoms with Crippen LogP contribution < -0.4 is 10.5 Å². The summed E-state index contributed by atoms with van der Waals surface area (Å²) >= 11 is 0. The maximum absolute atomic E-state index is 8.96. The van der Waals surface area contributed by atoms with Crippen LogP contribution in [0.5, 0.6) is 5.75 Å². The number of likely N-dealkylation sites (N-methyl/N-ethyl adjacent to an activating group) is 1. The van der Waals surface area contributed by atoms with Gasteiger partial charge in [0.1, 0.15) is 11.6 Å². The molecule has 1 aromatic rings. The Hall–Kier alpha value is -1.59. The van der Waals surface area contributed by atoms with E-state index in [1.807, 2.05) is 25.1 Å². The van der Waals surface area contributed by atoms with Crippen LogP contribution in [0, 0.1) is 5.41 Å². The molecule has 0 aromatic heterocycles. The minimum atomic E-state index is -0.00101. The predicted octanol–water partition coefficient (Wildman–Crippen LogP) is 0.793. The third kappa shape index (κ3) is 3.72. The Kier molecular flexibility index (Phi) is 5.61.